The molecule has 2 aromatic heterocycles. The number of aromatic nitrogens is 3. The van der Waals surface area contributed by atoms with Gasteiger partial charge in [-0.15, -0.1) is 10.2 Å². The van der Waals surface area contributed by atoms with E-state index in [1.165, 1.54) is 35.1 Å². The van der Waals surface area contributed by atoms with Gasteiger partial charge in [-0.25, -0.2) is 9.78 Å². The van der Waals surface area contributed by atoms with E-state index in [0.717, 1.165) is 11.3 Å². The Morgan fingerprint density at radius 3 is 2.57 bits per heavy atom. The van der Waals surface area contributed by atoms with Gasteiger partial charge in [0, 0.05) is 12.0 Å². The molecule has 4 heterocycles. The molecule has 2 amide bonds. The van der Waals surface area contributed by atoms with Crippen molar-refractivity contribution in [2.45, 2.75) is 50.0 Å². The molecule has 2 aliphatic rings. The Balaban J connectivity index is 1.55. The number of esters is 2. The number of carbonyl (C=O) groups is 4. The smallest absolute Gasteiger partial charge is 0.358 e. The van der Waals surface area contributed by atoms with E-state index in [-0.39, 0.29) is 26.6 Å². The molecule has 0 saturated carbocycles. The molecule has 2 atom stereocenters. The largest absolute Gasteiger partial charge is 0.427 e. The number of allylic oxidation sites excluding steroid dienone is 1. The van der Waals surface area contributed by atoms with Crippen LogP contribution in [-0.4, -0.2) is 82.6 Å². The topological polar surface area (TPSA) is 200 Å². The Morgan fingerprint density at radius 2 is 1.98 bits per heavy atom. The highest BCUT2D eigenvalue weighted by atomic mass is 35.5. The second kappa shape index (κ2) is 12.8. The van der Waals surface area contributed by atoms with Gasteiger partial charge in [0.05, 0.1) is 11.5 Å². The number of hydrogen-bond donors (Lipinski definition) is 3. The van der Waals surface area contributed by atoms with Crippen LogP contribution in [-0.2, 0) is 33.5 Å². The molecule has 2 aliphatic heterocycles. The van der Waals surface area contributed by atoms with Crippen molar-refractivity contribution in [1.29, 1.82) is 0 Å². The summed E-state index contributed by atoms with van der Waals surface area (Å²) in [4.78, 5) is 62.6. The monoisotopic (exact) mass is 658 g/mol. The number of nitrogens with one attached hydrogen (secondary N) is 2. The zero-order valence-corrected chi connectivity index (χ0v) is 26.3. The number of anilines is 2. The van der Waals surface area contributed by atoms with Crippen molar-refractivity contribution in [2.75, 3.05) is 32.0 Å². The number of amides is 2. The number of nitrogens with two attached hydrogens (primary N) is 1. The predicted octanol–water partition coefficient (Wildman–Crippen LogP) is 2.21. The summed E-state index contributed by atoms with van der Waals surface area (Å²) in [6.07, 6.45) is 0.771. The average molecular weight is 659 g/mol. The third kappa shape index (κ3) is 6.61. The Kier molecular flexibility index (Phi) is 9.59. The van der Waals surface area contributed by atoms with Crippen LogP contribution in [0.15, 0.2) is 20.1 Å². The summed E-state index contributed by atoms with van der Waals surface area (Å²) in [5.74, 6) is -2.75. The van der Waals surface area contributed by atoms with Gasteiger partial charge in [-0.1, -0.05) is 51.2 Å². The highest BCUT2D eigenvalue weighted by molar-refractivity contribution is 8.04. The molecule has 0 bridgehead atoms. The van der Waals surface area contributed by atoms with Crippen LogP contribution < -0.4 is 16.4 Å². The molecule has 1 saturated heterocycles. The van der Waals surface area contributed by atoms with Gasteiger partial charge in [0.15, 0.2) is 15.2 Å². The molecule has 15 nitrogen and oxygen atoms in total. The van der Waals surface area contributed by atoms with E-state index in [1.54, 1.807) is 27.8 Å². The first kappa shape index (κ1) is 31.5. The molecule has 0 radical (unpaired) electrons. The van der Waals surface area contributed by atoms with Gasteiger partial charge in [0.25, 0.3) is 11.8 Å². The van der Waals surface area contributed by atoms with Crippen molar-refractivity contribution >= 4 is 85.8 Å². The summed E-state index contributed by atoms with van der Waals surface area (Å²) in [5, 5.41) is 18.1. The zero-order valence-electron chi connectivity index (χ0n) is 23.0. The molecular weight excluding hydrogens is 632 g/mol. The number of fused-ring (bicyclic) bond motifs is 1. The number of carbonyl (C=O) groups excluding carboxylic acids is 4. The lowest BCUT2D eigenvalue weighted by Gasteiger charge is -2.50. The minimum absolute atomic E-state index is 0.0106. The Morgan fingerprint density at radius 1 is 1.24 bits per heavy atom. The zero-order chi connectivity index (χ0) is 30.8. The maximum atomic E-state index is 13.4. The number of hydrogen-bond acceptors (Lipinski definition) is 16. The maximum Gasteiger partial charge on any atom is 0.358 e. The molecule has 226 valence electrons. The summed E-state index contributed by atoms with van der Waals surface area (Å²) in [7, 11) is 2.95. The van der Waals surface area contributed by atoms with Crippen LogP contribution in [0.3, 0.4) is 0 Å². The standard InChI is InChI=1S/C23H27ClN8O7S3/c1-23(2,3)19(36)39-8-38-18(35)14-10(40-22-30-29-21(26-4)42-22)7-6-9-11(17(34)32(9)14)27-16(33)13(31-37-5)12-15(24)41-20(25)28-12/h9,11H,6-8H2,1-5H3,(H2,25,28)(H,26,29)(H,27,33). The average Bonchev–Trinajstić information content (AvgIpc) is 3.53. The molecule has 2 unspecified atom stereocenters. The first-order valence-corrected chi connectivity index (χ1v) is 15.1. The lowest BCUT2D eigenvalue weighted by molar-refractivity contribution is -0.174. The van der Waals surface area contributed by atoms with Gasteiger partial charge in [-0.05, 0) is 33.6 Å². The highest BCUT2D eigenvalue weighted by Crippen LogP contribution is 2.44. The second-order valence-corrected chi connectivity index (χ2v) is 13.7. The Bertz CT molecular complexity index is 1470. The van der Waals surface area contributed by atoms with Gasteiger partial charge in [0.1, 0.15) is 28.9 Å². The second-order valence-electron chi connectivity index (χ2n) is 9.79. The summed E-state index contributed by atoms with van der Waals surface area (Å²) >= 11 is 9.55. The van der Waals surface area contributed by atoms with Gasteiger partial charge in [-0.2, -0.15) is 0 Å². The molecule has 1 fully saturated rings. The molecule has 0 spiro atoms. The number of nitrogens with zero attached hydrogens (tertiary/aromatic N) is 5. The van der Waals surface area contributed by atoms with E-state index < -0.39 is 48.0 Å². The van der Waals surface area contributed by atoms with E-state index in [9.17, 15) is 19.2 Å². The number of rotatable bonds is 10. The number of ether oxygens (including phenoxy) is 2. The van der Waals surface area contributed by atoms with Gasteiger partial charge >= 0.3 is 11.9 Å². The molecule has 19 heteroatoms. The van der Waals surface area contributed by atoms with Crippen molar-refractivity contribution in [3.05, 3.63) is 20.6 Å². The van der Waals surface area contributed by atoms with Gasteiger partial charge < -0.3 is 30.7 Å². The normalized spacial score (nSPS) is 18.7. The Hall–Kier alpha value is -3.48. The SMILES string of the molecule is CNc1nnc(SC2=C(C(=O)OCOC(=O)C(C)(C)C)N3C(=O)C(NC(=O)C(=NOC)c4nc(N)sc4Cl)C3CC2)s1. The fourth-order valence-corrected chi connectivity index (χ4v) is 6.81. The fraction of sp³-hybridized carbons (Fsp3) is 0.478. The van der Waals surface area contributed by atoms with Crippen LogP contribution in [0.25, 0.3) is 0 Å². The minimum atomic E-state index is -0.986. The number of β-lactam (4-membered cyclic amide) rings is 1. The number of oxime groups is 1. The molecular formula is C23H27ClN8O7S3. The molecule has 42 heavy (non-hydrogen) atoms. The number of thioether (sulfide) groups is 1. The van der Waals surface area contributed by atoms with E-state index in [4.69, 9.17) is 31.6 Å². The van der Waals surface area contributed by atoms with Crippen molar-refractivity contribution in [3.8, 4) is 0 Å². The van der Waals surface area contributed by atoms with E-state index in [0.29, 0.717) is 27.2 Å². The summed E-state index contributed by atoms with van der Waals surface area (Å²) < 4.78 is 11.0. The third-order valence-electron chi connectivity index (χ3n) is 5.92. The van der Waals surface area contributed by atoms with Crippen LogP contribution in [0.4, 0.5) is 10.3 Å². The molecule has 4 N–H and O–H groups in total. The fourth-order valence-electron chi connectivity index (χ4n) is 3.95. The van der Waals surface area contributed by atoms with Crippen LogP contribution >= 0.6 is 46.0 Å². The number of nitrogen functional groups attached to an aromatic ring is 1. The maximum absolute atomic E-state index is 13.4. The molecule has 4 rings (SSSR count). The lowest BCUT2D eigenvalue weighted by Crippen LogP contribution is -2.72. The quantitative estimate of drug-likeness (QED) is 0.110. The number of halogens is 1. The van der Waals surface area contributed by atoms with Crippen molar-refractivity contribution in [2.24, 2.45) is 10.6 Å². The third-order valence-corrected chi connectivity index (χ3v) is 9.14. The van der Waals surface area contributed by atoms with Crippen LogP contribution in [0, 0.1) is 5.41 Å². The summed E-state index contributed by atoms with van der Waals surface area (Å²) in [6, 6.07) is -1.56. The molecule has 0 aliphatic carbocycles. The van der Waals surface area contributed by atoms with Gasteiger partial charge in [0.2, 0.25) is 11.9 Å². The van der Waals surface area contributed by atoms with E-state index >= 15 is 0 Å². The Labute approximate surface area is 257 Å². The van der Waals surface area contributed by atoms with E-state index in [2.05, 4.69) is 31.0 Å². The van der Waals surface area contributed by atoms with Crippen molar-refractivity contribution in [3.63, 3.8) is 0 Å². The first-order chi connectivity index (χ1) is 19.8. The minimum Gasteiger partial charge on any atom is -0.427 e. The lowest BCUT2D eigenvalue weighted by atomic mass is 9.86. The van der Waals surface area contributed by atoms with Gasteiger partial charge in [-0.3, -0.25) is 19.3 Å². The number of thiazole rings is 1. The van der Waals surface area contributed by atoms with Crippen molar-refractivity contribution < 1.29 is 33.5 Å². The van der Waals surface area contributed by atoms with Crippen molar-refractivity contribution in [1.82, 2.24) is 25.4 Å². The van der Waals surface area contributed by atoms with Crippen LogP contribution in [0.2, 0.25) is 4.34 Å². The summed E-state index contributed by atoms with van der Waals surface area (Å²) in [5.41, 5.74) is 4.62. The first-order valence-electron chi connectivity index (χ1n) is 12.3. The van der Waals surface area contributed by atoms with E-state index in [1.807, 2.05) is 0 Å². The molecule has 2 aromatic rings. The van der Waals surface area contributed by atoms with Crippen LogP contribution in [0.5, 0.6) is 0 Å². The summed E-state index contributed by atoms with van der Waals surface area (Å²) in [6.45, 7) is 4.35. The predicted molar refractivity (Wildman–Crippen MR) is 156 cm³/mol. The highest BCUT2D eigenvalue weighted by Gasteiger charge is 2.54. The molecule has 0 aromatic carbocycles. The van der Waals surface area contributed by atoms with Crippen LogP contribution in [0.1, 0.15) is 39.3 Å².